The summed E-state index contributed by atoms with van der Waals surface area (Å²) in [5.41, 5.74) is 5.98. The Labute approximate surface area is 137 Å². The molecule has 0 aromatic carbocycles. The number of amides is 1. The van der Waals surface area contributed by atoms with Crippen molar-refractivity contribution in [2.45, 2.75) is 50.4 Å². The molecule has 1 amide bonds. The van der Waals surface area contributed by atoms with Gasteiger partial charge in [-0.15, -0.1) is 0 Å². The topological polar surface area (TPSA) is 74.4 Å². The molecule has 1 saturated heterocycles. The van der Waals surface area contributed by atoms with E-state index in [1.807, 2.05) is 12.1 Å². The van der Waals surface area contributed by atoms with Gasteiger partial charge in [0.1, 0.15) is 0 Å². The average Bonchev–Trinajstić information content (AvgIpc) is 2.61. The van der Waals surface area contributed by atoms with Crippen LogP contribution in [0.3, 0.4) is 0 Å². The molecular weight excluding hydrogens is 292 g/mol. The summed E-state index contributed by atoms with van der Waals surface area (Å²) in [6.45, 7) is 1.83. The Morgan fingerprint density at radius 2 is 2.04 bits per heavy atom. The Morgan fingerprint density at radius 3 is 2.74 bits per heavy atom. The molecule has 2 heterocycles. The first-order valence-corrected chi connectivity index (χ1v) is 8.68. The van der Waals surface area contributed by atoms with Gasteiger partial charge in [0.05, 0.1) is 12.0 Å². The van der Waals surface area contributed by atoms with Gasteiger partial charge in [-0.25, -0.2) is 4.98 Å². The molecule has 2 N–H and O–H groups in total. The van der Waals surface area contributed by atoms with Crippen molar-refractivity contribution in [3.8, 4) is 5.88 Å². The highest BCUT2D eigenvalue weighted by Crippen LogP contribution is 2.35. The second-order valence-corrected chi connectivity index (χ2v) is 6.76. The fraction of sp³-hybridized carbons (Fsp3) is 0.667. The number of pyridine rings is 1. The Balaban J connectivity index is 1.71. The van der Waals surface area contributed by atoms with Crippen LogP contribution in [0.4, 0.5) is 0 Å². The van der Waals surface area contributed by atoms with E-state index in [0.717, 1.165) is 5.56 Å². The molecule has 126 valence electrons. The zero-order chi connectivity index (χ0) is 16.1. The molecule has 2 fully saturated rings. The molecule has 5 nitrogen and oxygen atoms in total. The third-order valence-electron chi connectivity index (χ3n) is 5.30. The van der Waals surface area contributed by atoms with Crippen molar-refractivity contribution in [3.63, 3.8) is 0 Å². The number of aromatic nitrogens is 1. The van der Waals surface area contributed by atoms with Gasteiger partial charge in [0, 0.05) is 25.5 Å². The summed E-state index contributed by atoms with van der Waals surface area (Å²) in [4.78, 5) is 16.4. The highest BCUT2D eigenvalue weighted by Gasteiger charge is 2.40. The van der Waals surface area contributed by atoms with E-state index in [2.05, 4.69) is 4.98 Å². The summed E-state index contributed by atoms with van der Waals surface area (Å²) in [5, 5.41) is 0. The Hall–Kier alpha value is -1.62. The minimum absolute atomic E-state index is 0.287. The summed E-state index contributed by atoms with van der Waals surface area (Å²) in [6.07, 6.45) is 9.37. The minimum Gasteiger partial charge on any atom is -0.477 e. The highest BCUT2D eigenvalue weighted by atomic mass is 16.5. The molecule has 1 saturated carbocycles. The normalized spacial score (nSPS) is 21.7. The number of carbonyl (C=O) groups excluding carboxylic acids is 1. The summed E-state index contributed by atoms with van der Waals surface area (Å²) >= 11 is 0. The van der Waals surface area contributed by atoms with Gasteiger partial charge in [0.25, 0.3) is 0 Å². The molecule has 0 spiro atoms. The predicted molar refractivity (Wildman–Crippen MR) is 87.2 cm³/mol. The van der Waals surface area contributed by atoms with Crippen molar-refractivity contribution < 1.29 is 14.3 Å². The fourth-order valence-corrected chi connectivity index (χ4v) is 3.74. The maximum Gasteiger partial charge on any atom is 0.228 e. The monoisotopic (exact) mass is 318 g/mol. The molecule has 1 aromatic rings. The van der Waals surface area contributed by atoms with Crippen LogP contribution in [0, 0.1) is 5.92 Å². The van der Waals surface area contributed by atoms with E-state index in [9.17, 15) is 4.79 Å². The number of primary amides is 1. The van der Waals surface area contributed by atoms with Gasteiger partial charge < -0.3 is 15.2 Å². The lowest BCUT2D eigenvalue weighted by atomic mass is 9.74. The quantitative estimate of drug-likeness (QED) is 0.905. The summed E-state index contributed by atoms with van der Waals surface area (Å²) in [5.74, 6) is 0.938. The molecule has 1 aliphatic heterocycles. The minimum atomic E-state index is -0.649. The number of rotatable bonds is 5. The number of hydrogen-bond donors (Lipinski definition) is 1. The van der Waals surface area contributed by atoms with Crippen LogP contribution in [-0.2, 0) is 14.9 Å². The van der Waals surface area contributed by atoms with E-state index in [-0.39, 0.29) is 5.91 Å². The maximum atomic E-state index is 12.1. The number of nitrogens with zero attached hydrogens (tertiary/aromatic N) is 1. The summed E-state index contributed by atoms with van der Waals surface area (Å²) in [7, 11) is 0. The van der Waals surface area contributed by atoms with Crippen LogP contribution < -0.4 is 10.5 Å². The zero-order valence-corrected chi connectivity index (χ0v) is 13.6. The lowest BCUT2D eigenvalue weighted by molar-refractivity contribution is -0.127. The fourth-order valence-electron chi connectivity index (χ4n) is 3.74. The van der Waals surface area contributed by atoms with Crippen molar-refractivity contribution >= 4 is 5.91 Å². The molecule has 5 heteroatoms. The number of ether oxygens (including phenoxy) is 2. The summed E-state index contributed by atoms with van der Waals surface area (Å²) < 4.78 is 11.3. The molecular formula is C18H26N2O3. The first kappa shape index (κ1) is 16.2. The first-order valence-electron chi connectivity index (χ1n) is 8.68. The smallest absolute Gasteiger partial charge is 0.228 e. The number of hydrogen-bond acceptors (Lipinski definition) is 4. The van der Waals surface area contributed by atoms with Crippen molar-refractivity contribution in [1.29, 1.82) is 0 Å². The van der Waals surface area contributed by atoms with E-state index >= 15 is 0 Å². The molecule has 3 rings (SSSR count). The highest BCUT2D eigenvalue weighted by molar-refractivity contribution is 5.86. The second kappa shape index (κ2) is 7.30. The van der Waals surface area contributed by atoms with Gasteiger partial charge in [-0.3, -0.25) is 4.79 Å². The number of carbonyl (C=O) groups is 1. The van der Waals surface area contributed by atoms with Crippen LogP contribution in [0.5, 0.6) is 5.88 Å². The van der Waals surface area contributed by atoms with Crippen molar-refractivity contribution in [2.75, 3.05) is 19.8 Å². The lowest BCUT2D eigenvalue weighted by Crippen LogP contribution is -2.45. The standard InChI is InChI=1S/C18H26N2O3/c19-17(21)18(7-10-22-11-8-18)15-6-9-20-16(12-15)23-13-14-4-2-1-3-5-14/h6,9,12,14H,1-5,7-8,10-11,13H2,(H2,19,21). The zero-order valence-electron chi connectivity index (χ0n) is 13.6. The lowest BCUT2D eigenvalue weighted by Gasteiger charge is -2.34. The average molecular weight is 318 g/mol. The van der Waals surface area contributed by atoms with Gasteiger partial charge in [-0.05, 0) is 43.2 Å². The third-order valence-corrected chi connectivity index (χ3v) is 5.30. The van der Waals surface area contributed by atoms with Crippen LogP contribution in [0.1, 0.15) is 50.5 Å². The maximum absolute atomic E-state index is 12.1. The van der Waals surface area contributed by atoms with Gasteiger partial charge in [-0.1, -0.05) is 19.3 Å². The van der Waals surface area contributed by atoms with Gasteiger partial charge in [-0.2, -0.15) is 0 Å². The van der Waals surface area contributed by atoms with Crippen LogP contribution in [0.15, 0.2) is 18.3 Å². The molecule has 23 heavy (non-hydrogen) atoms. The third kappa shape index (κ3) is 3.66. The van der Waals surface area contributed by atoms with Crippen LogP contribution >= 0.6 is 0 Å². The van der Waals surface area contributed by atoms with Crippen molar-refractivity contribution in [1.82, 2.24) is 4.98 Å². The largest absolute Gasteiger partial charge is 0.477 e. The van der Waals surface area contributed by atoms with Gasteiger partial charge in [0.15, 0.2) is 0 Å². The first-order chi connectivity index (χ1) is 11.2. The molecule has 2 aliphatic rings. The van der Waals surface area contributed by atoms with E-state index in [1.165, 1.54) is 32.1 Å². The Morgan fingerprint density at radius 1 is 1.30 bits per heavy atom. The van der Waals surface area contributed by atoms with E-state index < -0.39 is 5.41 Å². The molecule has 0 atom stereocenters. The van der Waals surface area contributed by atoms with Crippen LogP contribution in [0.25, 0.3) is 0 Å². The van der Waals surface area contributed by atoms with Gasteiger partial charge in [0.2, 0.25) is 11.8 Å². The number of nitrogens with two attached hydrogens (primary N) is 1. The predicted octanol–water partition coefficient (Wildman–Crippen LogP) is 2.57. The molecule has 0 bridgehead atoms. The van der Waals surface area contributed by atoms with E-state index in [4.69, 9.17) is 15.2 Å². The van der Waals surface area contributed by atoms with Crippen molar-refractivity contribution in [2.24, 2.45) is 11.7 Å². The molecule has 0 unspecified atom stereocenters. The molecule has 0 radical (unpaired) electrons. The SMILES string of the molecule is NC(=O)C1(c2ccnc(OCC3CCCCC3)c2)CCOCC1. The van der Waals surface area contributed by atoms with Crippen LogP contribution in [0.2, 0.25) is 0 Å². The second-order valence-electron chi connectivity index (χ2n) is 6.76. The van der Waals surface area contributed by atoms with Gasteiger partial charge >= 0.3 is 0 Å². The summed E-state index contributed by atoms with van der Waals surface area (Å²) in [6, 6.07) is 3.77. The van der Waals surface area contributed by atoms with E-state index in [0.29, 0.717) is 44.5 Å². The molecule has 1 aromatic heterocycles. The van der Waals surface area contributed by atoms with E-state index in [1.54, 1.807) is 6.20 Å². The Bertz CT molecular complexity index is 535. The van der Waals surface area contributed by atoms with Crippen LogP contribution in [-0.4, -0.2) is 30.7 Å². The molecule has 1 aliphatic carbocycles. The Kier molecular flexibility index (Phi) is 5.16. The van der Waals surface area contributed by atoms with Crippen molar-refractivity contribution in [3.05, 3.63) is 23.9 Å².